The SMILES string of the molecule is CC[C@@H](Oc1ccccc1C)C(=O)Nc1ccc(S(=O)(=O)Nc2ccc(Br)cc2)cc1. The van der Waals surface area contributed by atoms with Crippen molar-refractivity contribution < 1.29 is 17.9 Å². The molecule has 0 bridgehead atoms. The molecule has 0 heterocycles. The minimum Gasteiger partial charge on any atom is -0.480 e. The summed E-state index contributed by atoms with van der Waals surface area (Å²) in [5.74, 6) is 0.360. The molecule has 162 valence electrons. The number of carbonyl (C=O) groups is 1. The highest BCUT2D eigenvalue weighted by atomic mass is 79.9. The standard InChI is InChI=1S/C23H23BrN2O4S/c1-3-21(30-22-7-5-4-6-16(22)2)23(27)25-18-12-14-20(15-13-18)31(28,29)26-19-10-8-17(24)9-11-19/h4-15,21,26H,3H2,1-2H3,(H,25,27)/t21-/m1/s1. The summed E-state index contributed by atoms with van der Waals surface area (Å²) in [6.45, 7) is 3.79. The Bertz CT molecular complexity index is 1150. The van der Waals surface area contributed by atoms with Gasteiger partial charge in [0.15, 0.2) is 6.10 Å². The monoisotopic (exact) mass is 502 g/mol. The molecule has 3 aromatic rings. The van der Waals surface area contributed by atoms with Gasteiger partial charge in [-0.1, -0.05) is 41.1 Å². The molecule has 0 aromatic heterocycles. The average Bonchev–Trinajstić information content (AvgIpc) is 2.75. The second-order valence-corrected chi connectivity index (χ2v) is 9.50. The number of hydrogen-bond acceptors (Lipinski definition) is 4. The van der Waals surface area contributed by atoms with E-state index in [-0.39, 0.29) is 10.8 Å². The maximum Gasteiger partial charge on any atom is 0.265 e. The van der Waals surface area contributed by atoms with Crippen LogP contribution in [0.4, 0.5) is 11.4 Å². The summed E-state index contributed by atoms with van der Waals surface area (Å²) in [5.41, 5.74) is 1.89. The summed E-state index contributed by atoms with van der Waals surface area (Å²) in [6.07, 6.45) is -0.174. The fourth-order valence-electron chi connectivity index (χ4n) is 2.84. The molecular formula is C23H23BrN2O4S. The Labute approximate surface area is 190 Å². The molecule has 6 nitrogen and oxygen atoms in total. The lowest BCUT2D eigenvalue weighted by Gasteiger charge is -2.18. The number of carbonyl (C=O) groups excluding carboxylic acids is 1. The molecule has 0 radical (unpaired) electrons. The van der Waals surface area contributed by atoms with E-state index in [2.05, 4.69) is 26.0 Å². The van der Waals surface area contributed by atoms with Crippen molar-refractivity contribution in [2.75, 3.05) is 10.0 Å². The maximum absolute atomic E-state index is 12.6. The summed E-state index contributed by atoms with van der Waals surface area (Å²) < 4.78 is 34.4. The van der Waals surface area contributed by atoms with Gasteiger partial charge in [-0.3, -0.25) is 9.52 Å². The van der Waals surface area contributed by atoms with E-state index in [9.17, 15) is 13.2 Å². The molecule has 3 aromatic carbocycles. The van der Waals surface area contributed by atoms with E-state index in [0.29, 0.717) is 23.5 Å². The Morgan fingerprint density at radius 1 is 0.968 bits per heavy atom. The van der Waals surface area contributed by atoms with Gasteiger partial charge in [-0.25, -0.2) is 8.42 Å². The van der Waals surface area contributed by atoms with Gasteiger partial charge in [0.05, 0.1) is 4.90 Å². The van der Waals surface area contributed by atoms with Crippen molar-refractivity contribution in [3.63, 3.8) is 0 Å². The van der Waals surface area contributed by atoms with Crippen molar-refractivity contribution in [2.24, 2.45) is 0 Å². The maximum atomic E-state index is 12.6. The highest BCUT2D eigenvalue weighted by Gasteiger charge is 2.20. The van der Waals surface area contributed by atoms with E-state index in [1.54, 1.807) is 36.4 Å². The second-order valence-electron chi connectivity index (χ2n) is 6.91. The van der Waals surface area contributed by atoms with Crippen LogP contribution in [0.3, 0.4) is 0 Å². The first-order valence-corrected chi connectivity index (χ1v) is 12.0. The summed E-state index contributed by atoms with van der Waals surface area (Å²) in [7, 11) is -3.74. The van der Waals surface area contributed by atoms with E-state index in [4.69, 9.17) is 4.74 Å². The molecule has 31 heavy (non-hydrogen) atoms. The number of para-hydroxylation sites is 1. The molecule has 1 amide bonds. The molecule has 0 aliphatic carbocycles. The Morgan fingerprint density at radius 2 is 1.58 bits per heavy atom. The van der Waals surface area contributed by atoms with E-state index >= 15 is 0 Å². The van der Waals surface area contributed by atoms with Gasteiger partial charge in [-0.05, 0) is 73.5 Å². The molecule has 0 unspecified atom stereocenters. The van der Waals surface area contributed by atoms with Gasteiger partial charge in [-0.2, -0.15) is 0 Å². The third-order valence-corrected chi connectivity index (χ3v) is 6.48. The van der Waals surface area contributed by atoms with Gasteiger partial charge >= 0.3 is 0 Å². The second kappa shape index (κ2) is 9.98. The number of amides is 1. The van der Waals surface area contributed by atoms with Crippen LogP contribution in [0.15, 0.2) is 82.2 Å². The minimum absolute atomic E-state index is 0.0941. The molecule has 2 N–H and O–H groups in total. The molecule has 0 aliphatic heterocycles. The highest BCUT2D eigenvalue weighted by Crippen LogP contribution is 2.22. The summed E-state index contributed by atoms with van der Waals surface area (Å²) in [5, 5.41) is 2.78. The first-order valence-electron chi connectivity index (χ1n) is 9.70. The van der Waals surface area contributed by atoms with Crippen LogP contribution in [0, 0.1) is 6.92 Å². The Morgan fingerprint density at radius 3 is 2.19 bits per heavy atom. The van der Waals surface area contributed by atoms with E-state index in [0.717, 1.165) is 10.0 Å². The average molecular weight is 503 g/mol. The Balaban J connectivity index is 1.67. The number of halogens is 1. The number of anilines is 2. The number of sulfonamides is 1. The van der Waals surface area contributed by atoms with E-state index in [1.165, 1.54) is 12.1 Å². The van der Waals surface area contributed by atoms with Crippen LogP contribution < -0.4 is 14.8 Å². The highest BCUT2D eigenvalue weighted by molar-refractivity contribution is 9.10. The fraction of sp³-hybridized carbons (Fsp3) is 0.174. The normalized spacial score (nSPS) is 12.1. The van der Waals surface area contributed by atoms with Gasteiger partial charge in [0.25, 0.3) is 15.9 Å². The summed E-state index contributed by atoms with van der Waals surface area (Å²) in [6, 6.07) is 20.3. The van der Waals surface area contributed by atoms with Crippen LogP contribution in [-0.2, 0) is 14.8 Å². The predicted molar refractivity (Wildman–Crippen MR) is 126 cm³/mol. The van der Waals surface area contributed by atoms with E-state index in [1.807, 2.05) is 38.1 Å². The van der Waals surface area contributed by atoms with Crippen molar-refractivity contribution in [3.8, 4) is 5.75 Å². The molecule has 0 saturated carbocycles. The fourth-order valence-corrected chi connectivity index (χ4v) is 4.16. The van der Waals surface area contributed by atoms with Crippen LogP contribution in [0.5, 0.6) is 5.75 Å². The largest absolute Gasteiger partial charge is 0.480 e. The lowest BCUT2D eigenvalue weighted by molar-refractivity contribution is -0.122. The van der Waals surface area contributed by atoms with Crippen LogP contribution in [-0.4, -0.2) is 20.4 Å². The summed E-state index contributed by atoms with van der Waals surface area (Å²) in [4.78, 5) is 12.7. The zero-order chi connectivity index (χ0) is 22.4. The number of hydrogen-bond donors (Lipinski definition) is 2. The topological polar surface area (TPSA) is 84.5 Å². The molecule has 0 fully saturated rings. The first-order chi connectivity index (χ1) is 14.8. The Hall–Kier alpha value is -2.84. The van der Waals surface area contributed by atoms with Crippen molar-refractivity contribution in [3.05, 3.63) is 82.8 Å². The molecule has 8 heteroatoms. The lowest BCUT2D eigenvalue weighted by atomic mass is 10.2. The third-order valence-electron chi connectivity index (χ3n) is 4.55. The minimum atomic E-state index is -3.74. The summed E-state index contributed by atoms with van der Waals surface area (Å²) >= 11 is 3.31. The van der Waals surface area contributed by atoms with Crippen molar-refractivity contribution in [2.45, 2.75) is 31.3 Å². The molecule has 0 spiro atoms. The van der Waals surface area contributed by atoms with E-state index < -0.39 is 16.1 Å². The number of nitrogens with one attached hydrogen (secondary N) is 2. The van der Waals surface area contributed by atoms with Crippen molar-refractivity contribution in [1.29, 1.82) is 0 Å². The van der Waals surface area contributed by atoms with Crippen LogP contribution in [0.2, 0.25) is 0 Å². The third kappa shape index (κ3) is 6.08. The lowest BCUT2D eigenvalue weighted by Crippen LogP contribution is -2.32. The predicted octanol–water partition coefficient (Wildman–Crippen LogP) is 5.35. The molecule has 0 aliphatic rings. The van der Waals surface area contributed by atoms with Gasteiger partial charge < -0.3 is 10.1 Å². The van der Waals surface area contributed by atoms with Crippen LogP contribution in [0.1, 0.15) is 18.9 Å². The number of rotatable bonds is 8. The van der Waals surface area contributed by atoms with Crippen LogP contribution >= 0.6 is 15.9 Å². The van der Waals surface area contributed by atoms with Crippen LogP contribution in [0.25, 0.3) is 0 Å². The van der Waals surface area contributed by atoms with Crippen molar-refractivity contribution >= 4 is 43.2 Å². The number of benzene rings is 3. The van der Waals surface area contributed by atoms with Gasteiger partial charge in [0.2, 0.25) is 0 Å². The molecule has 1 atom stereocenters. The Kier molecular flexibility index (Phi) is 7.35. The number of aryl methyl sites for hydroxylation is 1. The molecular weight excluding hydrogens is 480 g/mol. The molecule has 3 rings (SSSR count). The van der Waals surface area contributed by atoms with Gasteiger partial charge in [0, 0.05) is 15.8 Å². The zero-order valence-corrected chi connectivity index (χ0v) is 19.5. The first kappa shape index (κ1) is 22.8. The smallest absolute Gasteiger partial charge is 0.265 e. The van der Waals surface area contributed by atoms with Gasteiger partial charge in [-0.15, -0.1) is 0 Å². The number of ether oxygens (including phenoxy) is 1. The quantitative estimate of drug-likeness (QED) is 0.434. The van der Waals surface area contributed by atoms with Gasteiger partial charge in [0.1, 0.15) is 5.75 Å². The van der Waals surface area contributed by atoms with Crippen molar-refractivity contribution in [1.82, 2.24) is 0 Å². The molecule has 0 saturated heterocycles. The zero-order valence-electron chi connectivity index (χ0n) is 17.1.